The van der Waals surface area contributed by atoms with E-state index in [1.807, 2.05) is 0 Å². The van der Waals surface area contributed by atoms with E-state index in [0.29, 0.717) is 0 Å². The molecule has 0 aliphatic rings. The summed E-state index contributed by atoms with van der Waals surface area (Å²) in [5.41, 5.74) is 0. The Labute approximate surface area is 262 Å². The molecule has 212 valence electrons. The quantitative estimate of drug-likeness (QED) is 0.119. The predicted octanol–water partition coefficient (Wildman–Crippen LogP) is 8.74. The molecule has 0 N–H and O–H groups in total. The highest BCUT2D eigenvalue weighted by molar-refractivity contribution is 7.94. The van der Waals surface area contributed by atoms with E-state index in [0.717, 1.165) is 0 Å². The van der Waals surface area contributed by atoms with Gasteiger partial charge in [0, 0.05) is 0 Å². The zero-order chi connectivity index (χ0) is 29.1. The molecular weight excluding hydrogens is 592 g/mol. The van der Waals surface area contributed by atoms with Crippen molar-refractivity contribution < 1.29 is 0 Å². The van der Waals surface area contributed by atoms with Crippen molar-refractivity contribution in [2.75, 3.05) is 17.7 Å². The molecule has 0 unspecified atom stereocenters. The first-order chi connectivity index (χ1) is 21.3. The van der Waals surface area contributed by atoms with Gasteiger partial charge >= 0.3 is 0 Å². The Hall–Kier alpha value is -2.96. The molecule has 6 aromatic carbocycles. The van der Waals surface area contributed by atoms with Gasteiger partial charge < -0.3 is 0 Å². The highest BCUT2D eigenvalue weighted by Gasteiger charge is 2.27. The summed E-state index contributed by atoms with van der Waals surface area (Å²) in [5.74, 6) is 3.74. The zero-order valence-electron chi connectivity index (χ0n) is 24.2. The van der Waals surface area contributed by atoms with Crippen LogP contribution >= 0.6 is 31.7 Å². The summed E-state index contributed by atoms with van der Waals surface area (Å²) in [6, 6.07) is 67.9. The molecule has 0 amide bonds. The molecule has 6 aromatic rings. The van der Waals surface area contributed by atoms with Crippen LogP contribution in [0.1, 0.15) is 0 Å². The zero-order valence-corrected chi connectivity index (χ0v) is 27.8. The Kier molecular flexibility index (Phi) is 11.0. The fourth-order valence-corrected chi connectivity index (χ4v) is 21.6. The summed E-state index contributed by atoms with van der Waals surface area (Å²) in [4.78, 5) is 0. The van der Waals surface area contributed by atoms with Crippen molar-refractivity contribution in [3.63, 3.8) is 0 Å². The lowest BCUT2D eigenvalue weighted by atomic mass is 10.4. The Bertz CT molecular complexity index is 1310. The predicted molar refractivity (Wildman–Crippen MR) is 199 cm³/mol. The first-order valence-corrected chi connectivity index (χ1v) is 21.2. The van der Waals surface area contributed by atoms with E-state index in [2.05, 4.69) is 182 Å². The van der Waals surface area contributed by atoms with Crippen LogP contribution in [0.15, 0.2) is 182 Å². The molecule has 0 heterocycles. The monoisotopic (exact) mass is 628 g/mol. The molecule has 0 aliphatic carbocycles. The Morgan fingerprint density at radius 1 is 0.233 bits per heavy atom. The smallest absolute Gasteiger partial charge is 0.00332 e. The van der Waals surface area contributed by atoms with Gasteiger partial charge in [0.05, 0.1) is 0 Å². The standard InChI is InChI=1S/C39H36P4/c1-7-19-34(20-8-1)41(35-21-9-2-10-22-35)31-40(32-42(36-23-11-3-12-24-36)37-25-13-4-14-26-37)33-43(38-27-15-5-16-28-38)39-29-17-6-18-30-39/h1-30H,31-33H2. The summed E-state index contributed by atoms with van der Waals surface area (Å²) in [6.07, 6.45) is 0. The third kappa shape index (κ3) is 8.16. The van der Waals surface area contributed by atoms with Crippen LogP contribution in [0.5, 0.6) is 0 Å². The molecule has 0 aliphatic heterocycles. The summed E-state index contributed by atoms with van der Waals surface area (Å²) in [6.45, 7) is 0. The lowest BCUT2D eigenvalue weighted by Gasteiger charge is -2.32. The average molecular weight is 629 g/mol. The summed E-state index contributed by atoms with van der Waals surface area (Å²) < 4.78 is 0. The van der Waals surface area contributed by atoms with E-state index < -0.39 is 23.8 Å². The molecule has 0 aromatic heterocycles. The van der Waals surface area contributed by atoms with Gasteiger partial charge in [-0.25, -0.2) is 0 Å². The molecule has 4 heteroatoms. The van der Waals surface area contributed by atoms with Gasteiger partial charge in [0.25, 0.3) is 0 Å². The molecule has 0 bridgehead atoms. The van der Waals surface area contributed by atoms with Gasteiger partial charge in [0.1, 0.15) is 0 Å². The fraction of sp³-hybridized carbons (Fsp3) is 0.0769. The maximum atomic E-state index is 2.36. The summed E-state index contributed by atoms with van der Waals surface area (Å²) in [7, 11) is -1.77. The van der Waals surface area contributed by atoms with E-state index in [4.69, 9.17) is 0 Å². The van der Waals surface area contributed by atoms with Crippen molar-refractivity contribution >= 4 is 63.5 Å². The van der Waals surface area contributed by atoms with E-state index in [-0.39, 0.29) is 7.92 Å². The molecule has 0 saturated heterocycles. The van der Waals surface area contributed by atoms with E-state index in [9.17, 15) is 0 Å². The number of hydrogen-bond donors (Lipinski definition) is 0. The Morgan fingerprint density at radius 3 is 0.558 bits per heavy atom. The third-order valence-corrected chi connectivity index (χ3v) is 21.2. The molecule has 0 atom stereocenters. The van der Waals surface area contributed by atoms with Crippen LogP contribution in [0.2, 0.25) is 0 Å². The average Bonchev–Trinajstić information content (AvgIpc) is 3.10. The minimum atomic E-state index is -0.478. The second-order valence-corrected chi connectivity index (χ2v) is 20.8. The maximum absolute atomic E-state index is 2.36. The molecule has 6 rings (SSSR count). The highest BCUT2D eigenvalue weighted by atomic mass is 31.2. The van der Waals surface area contributed by atoms with E-state index in [1.54, 1.807) is 0 Å². The van der Waals surface area contributed by atoms with Crippen LogP contribution in [0.4, 0.5) is 0 Å². The molecule has 0 radical (unpaired) electrons. The van der Waals surface area contributed by atoms with Crippen molar-refractivity contribution in [1.82, 2.24) is 0 Å². The lowest BCUT2D eigenvalue weighted by Crippen LogP contribution is -2.19. The second-order valence-electron chi connectivity index (χ2n) is 10.4. The highest BCUT2D eigenvalue weighted by Crippen LogP contribution is 2.61. The van der Waals surface area contributed by atoms with Crippen molar-refractivity contribution in [2.24, 2.45) is 0 Å². The van der Waals surface area contributed by atoms with Crippen LogP contribution < -0.4 is 31.8 Å². The van der Waals surface area contributed by atoms with Gasteiger partial charge in [-0.05, 0) is 73.3 Å². The van der Waals surface area contributed by atoms with Crippen LogP contribution in [0.3, 0.4) is 0 Å². The summed E-state index contributed by atoms with van der Waals surface area (Å²) >= 11 is 0. The van der Waals surface area contributed by atoms with Gasteiger partial charge in [-0.15, -0.1) is 0 Å². The van der Waals surface area contributed by atoms with Gasteiger partial charge in [0.15, 0.2) is 0 Å². The van der Waals surface area contributed by atoms with Crippen molar-refractivity contribution in [1.29, 1.82) is 0 Å². The largest absolute Gasteiger partial charge is 0.0916 e. The fourth-order valence-electron chi connectivity index (χ4n) is 5.32. The topological polar surface area (TPSA) is 0 Å². The Morgan fingerprint density at radius 2 is 0.395 bits per heavy atom. The molecule has 0 nitrogen and oxygen atoms in total. The van der Waals surface area contributed by atoms with Gasteiger partial charge in [-0.1, -0.05) is 190 Å². The van der Waals surface area contributed by atoms with Crippen LogP contribution in [-0.2, 0) is 0 Å². The third-order valence-electron chi connectivity index (χ3n) is 7.43. The van der Waals surface area contributed by atoms with Crippen molar-refractivity contribution in [3.05, 3.63) is 182 Å². The normalized spacial score (nSPS) is 11.4. The molecular formula is C39H36P4. The first-order valence-electron chi connectivity index (χ1n) is 14.7. The number of hydrogen-bond acceptors (Lipinski definition) is 0. The number of benzene rings is 6. The minimum absolute atomic E-state index is 0.334. The van der Waals surface area contributed by atoms with Crippen molar-refractivity contribution in [2.45, 2.75) is 0 Å². The molecule has 0 saturated carbocycles. The Balaban J connectivity index is 1.43. The van der Waals surface area contributed by atoms with Crippen LogP contribution in [-0.4, -0.2) is 17.7 Å². The second kappa shape index (κ2) is 15.7. The minimum Gasteiger partial charge on any atom is -0.0916 e. The summed E-state index contributed by atoms with van der Waals surface area (Å²) in [5, 5.41) is 8.94. The molecule has 0 spiro atoms. The van der Waals surface area contributed by atoms with E-state index in [1.165, 1.54) is 49.5 Å². The van der Waals surface area contributed by atoms with E-state index >= 15 is 0 Å². The maximum Gasteiger partial charge on any atom is -0.00332 e. The SMILES string of the molecule is c1ccc(P(CP(CP(c2ccccc2)c2ccccc2)CP(c2ccccc2)c2ccccc2)c2ccccc2)cc1. The van der Waals surface area contributed by atoms with Gasteiger partial charge in [-0.3, -0.25) is 0 Å². The van der Waals surface area contributed by atoms with Gasteiger partial charge in [0.2, 0.25) is 0 Å². The number of rotatable bonds is 12. The van der Waals surface area contributed by atoms with Gasteiger partial charge in [-0.2, -0.15) is 0 Å². The molecule has 43 heavy (non-hydrogen) atoms. The van der Waals surface area contributed by atoms with Crippen LogP contribution in [0.25, 0.3) is 0 Å². The molecule has 0 fully saturated rings. The lowest BCUT2D eigenvalue weighted by molar-refractivity contribution is 1.72. The van der Waals surface area contributed by atoms with Crippen LogP contribution in [0, 0.1) is 0 Å². The first kappa shape index (κ1) is 30.1. The van der Waals surface area contributed by atoms with Crippen molar-refractivity contribution in [3.8, 4) is 0 Å².